The highest BCUT2D eigenvalue weighted by atomic mass is 32.2. The zero-order valence-corrected chi connectivity index (χ0v) is 14.7. The molecule has 0 saturated carbocycles. The second kappa shape index (κ2) is 6.75. The summed E-state index contributed by atoms with van der Waals surface area (Å²) in [4.78, 5) is 16.2. The summed E-state index contributed by atoms with van der Waals surface area (Å²) in [5.41, 5.74) is 2.54. The van der Waals surface area contributed by atoms with Gasteiger partial charge >= 0.3 is 0 Å². The summed E-state index contributed by atoms with van der Waals surface area (Å²) in [7, 11) is 0. The van der Waals surface area contributed by atoms with E-state index in [1.54, 1.807) is 23.1 Å². The number of aromatic nitrogens is 3. The van der Waals surface area contributed by atoms with Crippen LogP contribution in [0.3, 0.4) is 0 Å². The zero-order chi connectivity index (χ0) is 15.5. The van der Waals surface area contributed by atoms with Gasteiger partial charge in [-0.25, -0.2) is 9.97 Å². The van der Waals surface area contributed by atoms with Crippen LogP contribution in [-0.2, 0) is 12.2 Å². The number of hydrogen-bond donors (Lipinski definition) is 0. The Morgan fingerprint density at radius 1 is 1.23 bits per heavy atom. The summed E-state index contributed by atoms with van der Waals surface area (Å²) in [5, 5.41) is 2.34. The van der Waals surface area contributed by atoms with E-state index in [9.17, 15) is 0 Å². The van der Waals surface area contributed by atoms with Crippen LogP contribution in [0.25, 0.3) is 10.2 Å². The van der Waals surface area contributed by atoms with Gasteiger partial charge in [0.05, 0.1) is 0 Å². The molecule has 0 N–H and O–H groups in total. The Balaban J connectivity index is 1.98. The number of rotatable bonds is 5. The molecule has 22 heavy (non-hydrogen) atoms. The van der Waals surface area contributed by atoms with Crippen LogP contribution in [-0.4, -0.2) is 15.0 Å². The predicted molar refractivity (Wildman–Crippen MR) is 94.7 cm³/mol. The Morgan fingerprint density at radius 2 is 2.09 bits per heavy atom. The average Bonchev–Trinajstić information content (AvgIpc) is 2.81. The van der Waals surface area contributed by atoms with Gasteiger partial charge in [-0.15, -0.1) is 23.1 Å². The first-order chi connectivity index (χ1) is 10.7. The summed E-state index contributed by atoms with van der Waals surface area (Å²) in [5.74, 6) is 1.85. The first-order valence-electron chi connectivity index (χ1n) is 7.47. The van der Waals surface area contributed by atoms with Crippen LogP contribution in [0.1, 0.15) is 35.2 Å². The molecule has 0 amide bonds. The maximum Gasteiger partial charge on any atom is 0.131 e. The molecule has 0 bridgehead atoms. The van der Waals surface area contributed by atoms with E-state index in [0.29, 0.717) is 0 Å². The molecule has 3 aromatic rings. The van der Waals surface area contributed by atoms with E-state index in [4.69, 9.17) is 9.97 Å². The fraction of sp³-hybridized carbons (Fsp3) is 0.353. The molecule has 0 fully saturated rings. The van der Waals surface area contributed by atoms with Crippen molar-refractivity contribution in [3.05, 3.63) is 46.4 Å². The molecule has 0 aromatic carbocycles. The van der Waals surface area contributed by atoms with E-state index in [-0.39, 0.29) is 0 Å². The van der Waals surface area contributed by atoms with Gasteiger partial charge in [-0.05, 0) is 37.5 Å². The minimum Gasteiger partial charge on any atom is -0.264 e. The van der Waals surface area contributed by atoms with Crippen molar-refractivity contribution >= 4 is 33.3 Å². The molecule has 3 heterocycles. The number of nitrogens with zero attached hydrogens (tertiary/aromatic N) is 3. The standard InChI is InChI=1S/C17H19N3S2/c1-4-6-14-19-16(21-10-13-7-5-8-18-9-13)15-11(2)12(3)22-17(15)20-14/h5,7-9H,4,6,10H2,1-3H3. The van der Waals surface area contributed by atoms with Crippen LogP contribution >= 0.6 is 23.1 Å². The number of thioether (sulfide) groups is 1. The third-order valence-corrected chi connectivity index (χ3v) is 5.76. The molecule has 0 spiro atoms. The van der Waals surface area contributed by atoms with Gasteiger partial charge in [0.15, 0.2) is 0 Å². The van der Waals surface area contributed by atoms with Crippen LogP contribution in [0.15, 0.2) is 29.6 Å². The topological polar surface area (TPSA) is 38.7 Å². The van der Waals surface area contributed by atoms with Crippen molar-refractivity contribution < 1.29 is 0 Å². The molecule has 0 radical (unpaired) electrons. The molecule has 0 aliphatic rings. The first kappa shape index (κ1) is 15.4. The van der Waals surface area contributed by atoms with Crippen LogP contribution in [0.5, 0.6) is 0 Å². The molecular weight excluding hydrogens is 310 g/mol. The van der Waals surface area contributed by atoms with Crippen molar-refractivity contribution in [2.45, 2.75) is 44.4 Å². The molecule has 3 rings (SSSR count). The van der Waals surface area contributed by atoms with Crippen molar-refractivity contribution in [1.29, 1.82) is 0 Å². The lowest BCUT2D eigenvalue weighted by molar-refractivity contribution is 0.825. The lowest BCUT2D eigenvalue weighted by Crippen LogP contribution is -1.97. The Labute approximate surface area is 139 Å². The van der Waals surface area contributed by atoms with Gasteiger partial charge in [0.1, 0.15) is 15.7 Å². The van der Waals surface area contributed by atoms with Gasteiger partial charge in [0, 0.05) is 34.8 Å². The Kier molecular flexibility index (Phi) is 4.74. The van der Waals surface area contributed by atoms with E-state index < -0.39 is 0 Å². The fourth-order valence-corrected chi connectivity index (χ4v) is 4.48. The summed E-state index contributed by atoms with van der Waals surface area (Å²) in [6.45, 7) is 6.50. The lowest BCUT2D eigenvalue weighted by atomic mass is 10.2. The quantitative estimate of drug-likeness (QED) is 0.490. The highest BCUT2D eigenvalue weighted by Gasteiger charge is 2.14. The monoisotopic (exact) mass is 329 g/mol. The fourth-order valence-electron chi connectivity index (χ4n) is 2.33. The maximum absolute atomic E-state index is 4.82. The van der Waals surface area contributed by atoms with Crippen molar-refractivity contribution in [3.8, 4) is 0 Å². The zero-order valence-electron chi connectivity index (χ0n) is 13.1. The molecule has 5 heteroatoms. The Morgan fingerprint density at radius 3 is 2.82 bits per heavy atom. The lowest BCUT2D eigenvalue weighted by Gasteiger charge is -2.06. The summed E-state index contributed by atoms with van der Waals surface area (Å²) < 4.78 is 0. The molecule has 0 unspecified atom stereocenters. The molecular formula is C17H19N3S2. The van der Waals surface area contributed by atoms with E-state index in [2.05, 4.69) is 31.8 Å². The molecule has 0 saturated heterocycles. The van der Waals surface area contributed by atoms with E-state index in [0.717, 1.165) is 34.3 Å². The SMILES string of the molecule is CCCc1nc(SCc2cccnc2)c2c(C)c(C)sc2n1. The molecule has 0 aliphatic carbocycles. The minimum absolute atomic E-state index is 0.889. The van der Waals surface area contributed by atoms with Gasteiger partial charge in [-0.3, -0.25) is 4.98 Å². The van der Waals surface area contributed by atoms with Gasteiger partial charge < -0.3 is 0 Å². The van der Waals surface area contributed by atoms with Crippen molar-refractivity contribution in [2.24, 2.45) is 0 Å². The van der Waals surface area contributed by atoms with Crippen LogP contribution < -0.4 is 0 Å². The summed E-state index contributed by atoms with van der Waals surface area (Å²) in [6.07, 6.45) is 5.74. The Bertz CT molecular complexity index is 781. The normalized spacial score (nSPS) is 11.2. The van der Waals surface area contributed by atoms with Gasteiger partial charge in [0.25, 0.3) is 0 Å². The molecule has 114 valence electrons. The van der Waals surface area contributed by atoms with Gasteiger partial charge in [0.2, 0.25) is 0 Å². The highest BCUT2D eigenvalue weighted by molar-refractivity contribution is 7.98. The van der Waals surface area contributed by atoms with Crippen molar-refractivity contribution in [1.82, 2.24) is 15.0 Å². The van der Waals surface area contributed by atoms with Crippen LogP contribution in [0, 0.1) is 13.8 Å². The third kappa shape index (κ3) is 3.15. The number of aryl methyl sites for hydroxylation is 3. The summed E-state index contributed by atoms with van der Waals surface area (Å²) in [6, 6.07) is 4.09. The van der Waals surface area contributed by atoms with E-state index in [1.807, 2.05) is 18.5 Å². The van der Waals surface area contributed by atoms with Gasteiger partial charge in [-0.1, -0.05) is 13.0 Å². The van der Waals surface area contributed by atoms with Crippen molar-refractivity contribution in [3.63, 3.8) is 0 Å². The summed E-state index contributed by atoms with van der Waals surface area (Å²) >= 11 is 3.56. The highest BCUT2D eigenvalue weighted by Crippen LogP contribution is 2.36. The van der Waals surface area contributed by atoms with E-state index in [1.165, 1.54) is 21.4 Å². The number of pyridine rings is 1. The number of thiophene rings is 1. The number of hydrogen-bond acceptors (Lipinski definition) is 5. The number of fused-ring (bicyclic) bond motifs is 1. The molecule has 3 nitrogen and oxygen atoms in total. The predicted octanol–water partition coefficient (Wildman–Crippen LogP) is 4.95. The minimum atomic E-state index is 0.889. The second-order valence-electron chi connectivity index (χ2n) is 5.31. The largest absolute Gasteiger partial charge is 0.264 e. The van der Waals surface area contributed by atoms with Gasteiger partial charge in [-0.2, -0.15) is 0 Å². The second-order valence-corrected chi connectivity index (χ2v) is 7.48. The van der Waals surface area contributed by atoms with E-state index >= 15 is 0 Å². The third-order valence-electron chi connectivity index (χ3n) is 3.61. The smallest absolute Gasteiger partial charge is 0.131 e. The first-order valence-corrected chi connectivity index (χ1v) is 9.27. The molecule has 3 aromatic heterocycles. The van der Waals surface area contributed by atoms with Crippen molar-refractivity contribution in [2.75, 3.05) is 0 Å². The van der Waals surface area contributed by atoms with Crippen LogP contribution in [0.2, 0.25) is 0 Å². The molecule has 0 aliphatic heterocycles. The Hall–Kier alpha value is -1.46. The van der Waals surface area contributed by atoms with Crippen LogP contribution in [0.4, 0.5) is 0 Å². The average molecular weight is 329 g/mol. The maximum atomic E-state index is 4.82. The molecule has 0 atom stereocenters.